The van der Waals surface area contributed by atoms with Gasteiger partial charge < -0.3 is 9.88 Å². The van der Waals surface area contributed by atoms with Crippen molar-refractivity contribution >= 4 is 17.1 Å². The van der Waals surface area contributed by atoms with Crippen LogP contribution in [0.1, 0.15) is 40.5 Å². The van der Waals surface area contributed by atoms with Crippen molar-refractivity contribution in [2.75, 3.05) is 13.1 Å². The molecule has 1 saturated heterocycles. The Bertz CT molecular complexity index is 1270. The number of likely N-dealkylation sites (tertiary alicyclic amines) is 1. The van der Waals surface area contributed by atoms with Crippen LogP contribution in [-0.2, 0) is 6.54 Å². The van der Waals surface area contributed by atoms with E-state index in [1.807, 2.05) is 65.6 Å². The van der Waals surface area contributed by atoms with E-state index in [4.69, 9.17) is 4.98 Å². The molecule has 1 aliphatic rings. The summed E-state index contributed by atoms with van der Waals surface area (Å²) in [6.45, 7) is 1.70. The molecule has 0 bridgehead atoms. The fourth-order valence-corrected chi connectivity index (χ4v) is 4.09. The van der Waals surface area contributed by atoms with Gasteiger partial charge in [0.15, 0.2) is 11.2 Å². The van der Waals surface area contributed by atoms with Crippen LogP contribution in [-0.4, -0.2) is 48.9 Å². The summed E-state index contributed by atoms with van der Waals surface area (Å²) in [6.07, 6.45) is 1.71. The normalized spacial score (nSPS) is 16.5. The van der Waals surface area contributed by atoms with E-state index in [0.717, 1.165) is 18.4 Å². The first-order chi connectivity index (χ1) is 15.2. The first kappa shape index (κ1) is 19.2. The Kier molecular flexibility index (Phi) is 5.03. The number of nitrogens with one attached hydrogen (secondary N) is 1. The molecular formula is C23H22N6O2. The molecule has 1 fully saturated rings. The second-order valence-corrected chi connectivity index (χ2v) is 7.81. The van der Waals surface area contributed by atoms with Crippen LogP contribution in [0.4, 0.5) is 0 Å². The number of piperidine rings is 1. The van der Waals surface area contributed by atoms with Gasteiger partial charge in [0.2, 0.25) is 0 Å². The lowest BCUT2D eigenvalue weighted by Gasteiger charge is -2.32. The van der Waals surface area contributed by atoms with Crippen LogP contribution in [0.3, 0.4) is 0 Å². The Morgan fingerprint density at radius 2 is 1.81 bits per heavy atom. The third-order valence-electron chi connectivity index (χ3n) is 5.68. The Morgan fingerprint density at radius 3 is 2.58 bits per heavy atom. The van der Waals surface area contributed by atoms with Gasteiger partial charge >= 0.3 is 0 Å². The highest BCUT2D eigenvalue weighted by Crippen LogP contribution is 2.25. The third-order valence-corrected chi connectivity index (χ3v) is 5.68. The average Bonchev–Trinajstić information content (AvgIpc) is 3.23. The first-order valence-corrected chi connectivity index (χ1v) is 10.4. The summed E-state index contributed by atoms with van der Waals surface area (Å²) >= 11 is 0. The van der Waals surface area contributed by atoms with E-state index < -0.39 is 0 Å². The van der Waals surface area contributed by atoms with Gasteiger partial charge in [0.05, 0.1) is 6.54 Å². The zero-order valence-electron chi connectivity index (χ0n) is 16.9. The predicted octanol–water partition coefficient (Wildman–Crippen LogP) is 2.58. The summed E-state index contributed by atoms with van der Waals surface area (Å²) in [4.78, 5) is 35.0. The second kappa shape index (κ2) is 8.14. The number of benzene rings is 2. The van der Waals surface area contributed by atoms with Crippen LogP contribution >= 0.6 is 0 Å². The molecule has 1 aliphatic heterocycles. The minimum Gasteiger partial charge on any atom is -0.338 e. The third kappa shape index (κ3) is 3.84. The first-order valence-electron chi connectivity index (χ1n) is 10.4. The predicted molar refractivity (Wildman–Crippen MR) is 116 cm³/mol. The van der Waals surface area contributed by atoms with Gasteiger partial charge in [-0.3, -0.25) is 9.59 Å². The number of amides is 1. The highest BCUT2D eigenvalue weighted by Gasteiger charge is 2.28. The summed E-state index contributed by atoms with van der Waals surface area (Å²) < 4.78 is 1.65. The van der Waals surface area contributed by atoms with Crippen molar-refractivity contribution in [2.45, 2.75) is 25.3 Å². The van der Waals surface area contributed by atoms with Gasteiger partial charge in [0.25, 0.3) is 11.5 Å². The van der Waals surface area contributed by atoms with E-state index in [2.05, 4.69) is 15.3 Å². The van der Waals surface area contributed by atoms with E-state index in [1.54, 1.807) is 4.68 Å². The Morgan fingerprint density at radius 1 is 1.06 bits per heavy atom. The summed E-state index contributed by atoms with van der Waals surface area (Å²) in [5.74, 6) is 0.544. The molecule has 0 aliphatic carbocycles. The number of H-pyrrole nitrogens is 1. The van der Waals surface area contributed by atoms with Crippen LogP contribution in [0.2, 0.25) is 0 Å². The SMILES string of the molecule is O=C(c1ccccc1)N1CCCC(c2nc3c(nnn3Cc3ccccc3)c(=O)[nH]2)C1. The highest BCUT2D eigenvalue weighted by atomic mass is 16.2. The fourth-order valence-electron chi connectivity index (χ4n) is 4.09. The molecule has 2 aromatic heterocycles. The van der Waals surface area contributed by atoms with Crippen molar-refractivity contribution in [3.63, 3.8) is 0 Å². The molecule has 0 radical (unpaired) electrons. The molecule has 8 nitrogen and oxygen atoms in total. The molecule has 2 aromatic carbocycles. The number of carbonyl (C=O) groups excluding carboxylic acids is 1. The Balaban J connectivity index is 1.43. The minimum atomic E-state index is -0.300. The van der Waals surface area contributed by atoms with E-state index >= 15 is 0 Å². The molecule has 0 spiro atoms. The zero-order chi connectivity index (χ0) is 21.2. The molecule has 31 heavy (non-hydrogen) atoms. The molecule has 1 amide bonds. The van der Waals surface area contributed by atoms with E-state index in [0.29, 0.717) is 36.7 Å². The number of hydrogen-bond acceptors (Lipinski definition) is 5. The molecule has 5 rings (SSSR count). The minimum absolute atomic E-state index is 0.00418. The van der Waals surface area contributed by atoms with Crippen molar-refractivity contribution in [3.8, 4) is 0 Å². The van der Waals surface area contributed by atoms with Gasteiger partial charge in [0, 0.05) is 24.6 Å². The maximum Gasteiger partial charge on any atom is 0.281 e. The smallest absolute Gasteiger partial charge is 0.281 e. The van der Waals surface area contributed by atoms with E-state index in [1.165, 1.54) is 0 Å². The molecule has 1 atom stereocenters. The number of hydrogen-bond donors (Lipinski definition) is 1. The molecule has 4 aromatic rings. The van der Waals surface area contributed by atoms with Crippen LogP contribution in [0.25, 0.3) is 11.2 Å². The lowest BCUT2D eigenvalue weighted by molar-refractivity contribution is 0.0704. The monoisotopic (exact) mass is 414 g/mol. The molecule has 1 unspecified atom stereocenters. The molecular weight excluding hydrogens is 392 g/mol. The van der Waals surface area contributed by atoms with Gasteiger partial charge in [-0.25, -0.2) is 9.67 Å². The second-order valence-electron chi connectivity index (χ2n) is 7.81. The van der Waals surface area contributed by atoms with Crippen molar-refractivity contribution in [1.29, 1.82) is 0 Å². The molecule has 1 N–H and O–H groups in total. The number of fused-ring (bicyclic) bond motifs is 1. The number of nitrogens with zero attached hydrogens (tertiary/aromatic N) is 5. The van der Waals surface area contributed by atoms with Crippen LogP contribution < -0.4 is 5.56 Å². The lowest BCUT2D eigenvalue weighted by Crippen LogP contribution is -2.39. The van der Waals surface area contributed by atoms with E-state index in [9.17, 15) is 9.59 Å². The van der Waals surface area contributed by atoms with Crippen LogP contribution in [0.5, 0.6) is 0 Å². The van der Waals surface area contributed by atoms with Crippen LogP contribution in [0.15, 0.2) is 65.5 Å². The topological polar surface area (TPSA) is 96.8 Å². The standard InChI is InChI=1S/C23H22N6O2/c30-22-19-21(29(27-26-19)14-16-8-3-1-4-9-16)24-20(25-22)18-12-7-13-28(15-18)23(31)17-10-5-2-6-11-17/h1-6,8-11,18H,7,12-15H2,(H,24,25,30). The quantitative estimate of drug-likeness (QED) is 0.554. The molecule has 3 heterocycles. The van der Waals surface area contributed by atoms with Gasteiger partial charge in [0.1, 0.15) is 5.82 Å². The summed E-state index contributed by atoms with van der Waals surface area (Å²) in [7, 11) is 0. The molecule has 0 saturated carbocycles. The summed E-state index contributed by atoms with van der Waals surface area (Å²) in [5, 5.41) is 8.17. The maximum absolute atomic E-state index is 12.9. The van der Waals surface area contributed by atoms with Gasteiger partial charge in [-0.05, 0) is 30.5 Å². The van der Waals surface area contributed by atoms with E-state index in [-0.39, 0.29) is 22.9 Å². The molecule has 156 valence electrons. The number of aromatic nitrogens is 5. The van der Waals surface area contributed by atoms with Gasteiger partial charge in [-0.15, -0.1) is 5.10 Å². The van der Waals surface area contributed by atoms with Gasteiger partial charge in [-0.2, -0.15) is 0 Å². The molecule has 8 heteroatoms. The Hall–Kier alpha value is -3.81. The Labute approximate surface area is 178 Å². The highest BCUT2D eigenvalue weighted by molar-refractivity contribution is 5.94. The summed E-state index contributed by atoms with van der Waals surface area (Å²) in [6, 6.07) is 19.1. The number of rotatable bonds is 4. The fraction of sp³-hybridized carbons (Fsp3) is 0.261. The van der Waals surface area contributed by atoms with Crippen molar-refractivity contribution in [2.24, 2.45) is 0 Å². The number of carbonyl (C=O) groups is 1. The van der Waals surface area contributed by atoms with Crippen molar-refractivity contribution < 1.29 is 4.79 Å². The largest absolute Gasteiger partial charge is 0.338 e. The van der Waals surface area contributed by atoms with Crippen LogP contribution in [0, 0.1) is 0 Å². The lowest BCUT2D eigenvalue weighted by atomic mass is 9.96. The number of aromatic amines is 1. The van der Waals surface area contributed by atoms with Gasteiger partial charge in [-0.1, -0.05) is 53.7 Å². The maximum atomic E-state index is 12.9. The summed E-state index contributed by atoms with van der Waals surface area (Å²) in [5.41, 5.74) is 2.12. The zero-order valence-corrected chi connectivity index (χ0v) is 16.9. The average molecular weight is 414 g/mol. The van der Waals surface area contributed by atoms with Crippen molar-refractivity contribution in [1.82, 2.24) is 29.9 Å². The van der Waals surface area contributed by atoms with Crippen molar-refractivity contribution in [3.05, 3.63) is 88.0 Å².